The number of hydrogen-bond donors (Lipinski definition) is 0. The van der Waals surface area contributed by atoms with Crippen LogP contribution < -0.4 is 4.90 Å². The minimum atomic E-state index is -0.594. The maximum absolute atomic E-state index is 2.53. The fraction of sp³-hybridized carbons (Fsp3) is 0.0154. The Morgan fingerprint density at radius 3 is 1.41 bits per heavy atom. The van der Waals surface area contributed by atoms with Gasteiger partial charge in [0.15, 0.2) is 0 Å². The van der Waals surface area contributed by atoms with Gasteiger partial charge in [0.1, 0.15) is 0 Å². The third-order valence-corrected chi connectivity index (χ3v) is 14.1. The molecule has 0 bridgehead atoms. The van der Waals surface area contributed by atoms with Crippen molar-refractivity contribution in [3.05, 3.63) is 283 Å². The second-order valence-electron chi connectivity index (χ2n) is 17.5. The highest BCUT2D eigenvalue weighted by Gasteiger charge is 2.47. The molecule has 0 amide bonds. The molecule has 0 aromatic heterocycles. The summed E-state index contributed by atoms with van der Waals surface area (Å²) in [6.07, 6.45) is 0. The van der Waals surface area contributed by atoms with Crippen molar-refractivity contribution in [2.75, 3.05) is 4.90 Å². The fourth-order valence-corrected chi connectivity index (χ4v) is 11.3. The number of rotatable bonds is 8. The zero-order valence-corrected chi connectivity index (χ0v) is 36.3. The number of anilines is 3. The van der Waals surface area contributed by atoms with E-state index in [1.807, 2.05) is 0 Å². The number of benzene rings is 11. The van der Waals surface area contributed by atoms with Crippen LogP contribution in [0, 0.1) is 0 Å². The molecule has 2 aliphatic rings. The molecule has 13 rings (SSSR count). The Morgan fingerprint density at radius 2 is 0.742 bits per heavy atom. The zero-order chi connectivity index (χ0) is 43.6. The molecule has 308 valence electrons. The Kier molecular flexibility index (Phi) is 8.82. The van der Waals surface area contributed by atoms with Crippen LogP contribution in [0.25, 0.3) is 77.5 Å². The molecular formula is C65H43N. The van der Waals surface area contributed by atoms with Gasteiger partial charge >= 0.3 is 0 Å². The molecule has 0 radical (unpaired) electrons. The van der Waals surface area contributed by atoms with Crippen LogP contribution >= 0.6 is 0 Å². The highest BCUT2D eigenvalue weighted by atomic mass is 15.1. The van der Waals surface area contributed by atoms with Crippen LogP contribution in [0.5, 0.6) is 0 Å². The molecule has 1 nitrogen and oxygen atoms in total. The van der Waals surface area contributed by atoms with Crippen molar-refractivity contribution in [2.24, 2.45) is 0 Å². The summed E-state index contributed by atoms with van der Waals surface area (Å²) in [7, 11) is 0. The quantitative estimate of drug-likeness (QED) is 0.147. The molecule has 0 N–H and O–H groups in total. The van der Waals surface area contributed by atoms with Crippen LogP contribution in [-0.4, -0.2) is 0 Å². The zero-order valence-electron chi connectivity index (χ0n) is 36.3. The molecule has 0 heterocycles. The molecule has 1 heteroatoms. The molecule has 11 aromatic rings. The Balaban J connectivity index is 1.10. The van der Waals surface area contributed by atoms with E-state index in [-0.39, 0.29) is 0 Å². The van der Waals surface area contributed by atoms with Crippen LogP contribution in [0.3, 0.4) is 0 Å². The first-order valence-electron chi connectivity index (χ1n) is 22.9. The number of para-hydroxylation sites is 1. The van der Waals surface area contributed by atoms with E-state index in [4.69, 9.17) is 0 Å². The molecule has 0 spiro atoms. The van der Waals surface area contributed by atoms with Gasteiger partial charge in [-0.15, -0.1) is 0 Å². The molecule has 2 aliphatic carbocycles. The Labute approximate surface area is 386 Å². The summed E-state index contributed by atoms with van der Waals surface area (Å²) in [5.41, 5.74) is 22.6. The summed E-state index contributed by atoms with van der Waals surface area (Å²) in [5.74, 6) is 0. The smallest absolute Gasteiger partial charge is 0.0714 e. The average Bonchev–Trinajstić information content (AvgIpc) is 3.89. The van der Waals surface area contributed by atoms with Crippen molar-refractivity contribution in [3.8, 4) is 66.8 Å². The van der Waals surface area contributed by atoms with E-state index in [0.717, 1.165) is 17.1 Å². The second kappa shape index (κ2) is 15.3. The molecule has 0 saturated carbocycles. The monoisotopic (exact) mass is 837 g/mol. The molecule has 11 aromatic carbocycles. The van der Waals surface area contributed by atoms with E-state index in [9.17, 15) is 0 Å². The number of nitrogens with zero attached hydrogens (tertiary/aromatic N) is 1. The fourth-order valence-electron chi connectivity index (χ4n) is 11.3. The van der Waals surface area contributed by atoms with Crippen LogP contribution in [0.1, 0.15) is 22.3 Å². The SMILES string of the molecule is c1ccc(-c2ccc(N(c3ccccc3-c3ccc4c5c(cccc35)-c3ccccc3-4)c3cccc4c3-c3ccc(-c5ccccc5)cc3C4(c3ccccc3)c3ccccc3)cc2)cc1. The van der Waals surface area contributed by atoms with Gasteiger partial charge in [-0.05, 0) is 119 Å². The second-order valence-corrected chi connectivity index (χ2v) is 17.5. The van der Waals surface area contributed by atoms with Crippen molar-refractivity contribution < 1.29 is 0 Å². The van der Waals surface area contributed by atoms with Crippen molar-refractivity contribution in [1.82, 2.24) is 0 Å². The summed E-state index contributed by atoms with van der Waals surface area (Å²) in [5, 5.41) is 2.58. The third kappa shape index (κ3) is 5.73. The summed E-state index contributed by atoms with van der Waals surface area (Å²) in [6.45, 7) is 0. The summed E-state index contributed by atoms with van der Waals surface area (Å²) < 4.78 is 0. The molecule has 0 unspecified atom stereocenters. The highest BCUT2D eigenvalue weighted by Crippen LogP contribution is 2.61. The van der Waals surface area contributed by atoms with Crippen molar-refractivity contribution in [2.45, 2.75) is 5.41 Å². The number of fused-ring (bicyclic) bond motifs is 6. The lowest BCUT2D eigenvalue weighted by Gasteiger charge is -2.35. The summed E-state index contributed by atoms with van der Waals surface area (Å²) in [6, 6.07) is 96.5. The lowest BCUT2D eigenvalue weighted by Crippen LogP contribution is -2.28. The van der Waals surface area contributed by atoms with Gasteiger partial charge in [-0.2, -0.15) is 0 Å². The topological polar surface area (TPSA) is 3.24 Å². The first kappa shape index (κ1) is 38.0. The Hall–Kier alpha value is -8.52. The van der Waals surface area contributed by atoms with Gasteiger partial charge < -0.3 is 4.90 Å². The van der Waals surface area contributed by atoms with Gasteiger partial charge in [-0.25, -0.2) is 0 Å². The van der Waals surface area contributed by atoms with Crippen molar-refractivity contribution in [3.63, 3.8) is 0 Å². The predicted molar refractivity (Wildman–Crippen MR) is 277 cm³/mol. The van der Waals surface area contributed by atoms with Gasteiger partial charge in [-0.3, -0.25) is 0 Å². The first-order chi connectivity index (χ1) is 32.8. The summed E-state index contributed by atoms with van der Waals surface area (Å²) in [4.78, 5) is 2.53. The summed E-state index contributed by atoms with van der Waals surface area (Å²) >= 11 is 0. The number of hydrogen-bond acceptors (Lipinski definition) is 1. The molecule has 0 atom stereocenters. The van der Waals surface area contributed by atoms with E-state index in [1.54, 1.807) is 0 Å². The maximum Gasteiger partial charge on any atom is 0.0714 e. The van der Waals surface area contributed by atoms with Gasteiger partial charge in [-0.1, -0.05) is 231 Å². The van der Waals surface area contributed by atoms with E-state index >= 15 is 0 Å². The minimum absolute atomic E-state index is 0.594. The van der Waals surface area contributed by atoms with Crippen LogP contribution in [0.4, 0.5) is 17.1 Å². The van der Waals surface area contributed by atoms with Gasteiger partial charge in [0.05, 0.1) is 16.8 Å². The molecule has 0 aliphatic heterocycles. The Morgan fingerprint density at radius 1 is 0.273 bits per heavy atom. The standard InChI is InChI=1S/C65H43N/c1-5-19-44(20-6-1)46-35-38-50(39-36-46)66(61-33-16-15-29-54(61)53-41-42-57-52-28-14-13-27-51(52)55-30-17-31-56(53)63(55)57)62-34-18-32-59-64(62)58-40-37-47(45-21-7-2-8-22-45)43-60(58)65(59,48-23-9-3-10-24-48)49-25-11-4-12-26-49/h1-43H. The normalized spacial score (nSPS) is 12.7. The van der Waals surface area contributed by atoms with Gasteiger partial charge in [0.25, 0.3) is 0 Å². The first-order valence-corrected chi connectivity index (χ1v) is 22.9. The minimum Gasteiger partial charge on any atom is -0.309 e. The Bertz CT molecular complexity index is 3540. The van der Waals surface area contributed by atoms with E-state index < -0.39 is 5.41 Å². The predicted octanol–water partition coefficient (Wildman–Crippen LogP) is 17.3. The lowest BCUT2D eigenvalue weighted by atomic mass is 9.67. The van der Waals surface area contributed by atoms with Crippen molar-refractivity contribution >= 4 is 27.8 Å². The van der Waals surface area contributed by atoms with Gasteiger partial charge in [0.2, 0.25) is 0 Å². The molecule has 0 saturated heterocycles. The van der Waals surface area contributed by atoms with Crippen molar-refractivity contribution in [1.29, 1.82) is 0 Å². The van der Waals surface area contributed by atoms with Crippen LogP contribution in [-0.2, 0) is 5.41 Å². The average molecular weight is 838 g/mol. The molecular weight excluding hydrogens is 795 g/mol. The van der Waals surface area contributed by atoms with Crippen LogP contribution in [0.2, 0.25) is 0 Å². The molecule has 66 heavy (non-hydrogen) atoms. The molecule has 0 fully saturated rings. The van der Waals surface area contributed by atoms with Crippen LogP contribution in [0.15, 0.2) is 261 Å². The van der Waals surface area contributed by atoms with E-state index in [2.05, 4.69) is 266 Å². The van der Waals surface area contributed by atoms with Gasteiger partial charge in [0, 0.05) is 16.8 Å². The largest absolute Gasteiger partial charge is 0.309 e. The maximum atomic E-state index is 2.53. The lowest BCUT2D eigenvalue weighted by molar-refractivity contribution is 0.769. The van der Waals surface area contributed by atoms with E-state index in [0.29, 0.717) is 0 Å². The highest BCUT2D eigenvalue weighted by molar-refractivity contribution is 6.19. The van der Waals surface area contributed by atoms with E-state index in [1.165, 1.54) is 99.8 Å². The third-order valence-electron chi connectivity index (χ3n) is 14.1.